The predicted molar refractivity (Wildman–Crippen MR) is 96.1 cm³/mol. The molecular formula is C18H18N4O4. The van der Waals surface area contributed by atoms with Gasteiger partial charge in [-0.05, 0) is 18.2 Å². The maximum absolute atomic E-state index is 12.3. The molecule has 134 valence electrons. The first-order chi connectivity index (χ1) is 12.5. The average molecular weight is 354 g/mol. The minimum absolute atomic E-state index is 0.249. The van der Waals surface area contributed by atoms with Crippen LogP contribution >= 0.6 is 0 Å². The fourth-order valence-corrected chi connectivity index (χ4v) is 2.72. The number of methoxy groups -OCH3 is 1. The highest BCUT2D eigenvalue weighted by Gasteiger charge is 2.14. The molecule has 0 saturated heterocycles. The van der Waals surface area contributed by atoms with E-state index in [4.69, 9.17) is 4.74 Å². The van der Waals surface area contributed by atoms with Crippen molar-refractivity contribution in [3.05, 3.63) is 68.9 Å². The van der Waals surface area contributed by atoms with Gasteiger partial charge in [-0.25, -0.2) is 4.98 Å². The number of pyridine rings is 1. The number of benzene rings is 1. The molecule has 8 nitrogen and oxygen atoms in total. The lowest BCUT2D eigenvalue weighted by atomic mass is 10.2. The van der Waals surface area contributed by atoms with Crippen molar-refractivity contribution in [3.8, 4) is 5.75 Å². The summed E-state index contributed by atoms with van der Waals surface area (Å²) in [7, 11) is 3.03. The number of hydrogen-bond donors (Lipinski definition) is 1. The van der Waals surface area contributed by atoms with Gasteiger partial charge in [-0.15, -0.1) is 0 Å². The molecule has 0 aliphatic heterocycles. The Morgan fingerprint density at radius 2 is 1.92 bits per heavy atom. The molecule has 2 heterocycles. The molecule has 0 spiro atoms. The topological polar surface area (TPSA) is 95.2 Å². The zero-order chi connectivity index (χ0) is 18.7. The molecule has 0 aliphatic carbocycles. The molecule has 0 fully saturated rings. The number of carbonyl (C=O) groups excluding carboxylic acids is 1. The minimum atomic E-state index is -0.763. The summed E-state index contributed by atoms with van der Waals surface area (Å²) in [6, 6.07) is 10.6. The van der Waals surface area contributed by atoms with Gasteiger partial charge in [-0.1, -0.05) is 18.2 Å². The molecule has 3 rings (SSSR count). The maximum atomic E-state index is 12.3. The van der Waals surface area contributed by atoms with E-state index >= 15 is 0 Å². The first-order valence-corrected chi connectivity index (χ1v) is 7.96. The number of aryl methyl sites for hydroxylation is 1. The summed E-state index contributed by atoms with van der Waals surface area (Å²) in [5.41, 5.74) is 0.0852. The summed E-state index contributed by atoms with van der Waals surface area (Å²) in [5.74, 6) is 0.268. The molecule has 0 bridgehead atoms. The molecule has 3 aromatic rings. The number of amides is 1. The normalized spacial score (nSPS) is 10.7. The summed E-state index contributed by atoms with van der Waals surface area (Å²) < 4.78 is 7.57. The van der Waals surface area contributed by atoms with Crippen LogP contribution in [0.1, 0.15) is 5.56 Å². The Bertz CT molecular complexity index is 1080. The quantitative estimate of drug-likeness (QED) is 0.670. The van der Waals surface area contributed by atoms with Crippen LogP contribution in [0.5, 0.6) is 5.75 Å². The van der Waals surface area contributed by atoms with E-state index in [1.807, 2.05) is 18.2 Å². The van der Waals surface area contributed by atoms with Crippen LogP contribution in [0.4, 0.5) is 0 Å². The van der Waals surface area contributed by atoms with Gasteiger partial charge in [0.05, 0.1) is 12.6 Å². The third kappa shape index (κ3) is 3.21. The summed E-state index contributed by atoms with van der Waals surface area (Å²) in [4.78, 5) is 40.9. The zero-order valence-corrected chi connectivity index (χ0v) is 14.4. The van der Waals surface area contributed by atoms with Gasteiger partial charge in [0.2, 0.25) is 5.91 Å². The second kappa shape index (κ2) is 7.22. The lowest BCUT2D eigenvalue weighted by molar-refractivity contribution is -0.121. The van der Waals surface area contributed by atoms with Crippen molar-refractivity contribution in [2.75, 3.05) is 7.11 Å². The highest BCUT2D eigenvalue weighted by molar-refractivity contribution is 5.78. The molecule has 1 amide bonds. The lowest BCUT2D eigenvalue weighted by Gasteiger charge is -2.13. The fraction of sp³-hybridized carbons (Fsp3) is 0.222. The second-order valence-electron chi connectivity index (χ2n) is 5.69. The summed E-state index contributed by atoms with van der Waals surface area (Å²) >= 11 is 0. The van der Waals surface area contributed by atoms with Crippen molar-refractivity contribution in [2.24, 2.45) is 7.05 Å². The van der Waals surface area contributed by atoms with E-state index in [1.165, 1.54) is 17.8 Å². The SMILES string of the molecule is COc1ccccc1CNC(=O)Cn1c(=O)c(=O)n(C)c2ncccc21. The van der Waals surface area contributed by atoms with E-state index in [0.29, 0.717) is 16.9 Å². The maximum Gasteiger partial charge on any atom is 0.317 e. The molecule has 1 aromatic carbocycles. The molecule has 8 heteroatoms. The Kier molecular flexibility index (Phi) is 4.83. The third-order valence-electron chi connectivity index (χ3n) is 4.08. The van der Waals surface area contributed by atoms with E-state index in [9.17, 15) is 14.4 Å². The Balaban J connectivity index is 1.86. The van der Waals surface area contributed by atoms with Gasteiger partial charge in [0.15, 0.2) is 5.65 Å². The van der Waals surface area contributed by atoms with E-state index in [1.54, 1.807) is 25.3 Å². The van der Waals surface area contributed by atoms with Crippen molar-refractivity contribution in [3.63, 3.8) is 0 Å². The zero-order valence-electron chi connectivity index (χ0n) is 14.4. The van der Waals surface area contributed by atoms with E-state index in [0.717, 1.165) is 10.1 Å². The van der Waals surface area contributed by atoms with Crippen LogP contribution in [-0.4, -0.2) is 27.1 Å². The van der Waals surface area contributed by atoms with Crippen LogP contribution in [0.15, 0.2) is 52.2 Å². The highest BCUT2D eigenvalue weighted by atomic mass is 16.5. The molecule has 0 saturated carbocycles. The van der Waals surface area contributed by atoms with Gasteiger partial charge in [0.25, 0.3) is 0 Å². The number of ether oxygens (including phenoxy) is 1. The van der Waals surface area contributed by atoms with E-state index in [-0.39, 0.29) is 13.1 Å². The average Bonchev–Trinajstić information content (AvgIpc) is 2.68. The monoisotopic (exact) mass is 354 g/mol. The standard InChI is InChI=1S/C18H18N4O4/c1-21-16-13(7-5-9-19-16)22(18(25)17(21)24)11-15(23)20-10-12-6-3-4-8-14(12)26-2/h3-9H,10-11H2,1-2H3,(H,20,23). The number of hydrogen-bond acceptors (Lipinski definition) is 5. The summed E-state index contributed by atoms with van der Waals surface area (Å²) in [6.45, 7) is -0.0229. The molecule has 2 aromatic heterocycles. The van der Waals surface area contributed by atoms with Crippen LogP contribution in [0, 0.1) is 0 Å². The minimum Gasteiger partial charge on any atom is -0.496 e. The number of nitrogens with one attached hydrogen (secondary N) is 1. The van der Waals surface area contributed by atoms with Crippen molar-refractivity contribution in [1.82, 2.24) is 19.4 Å². The largest absolute Gasteiger partial charge is 0.496 e. The van der Waals surface area contributed by atoms with Crippen molar-refractivity contribution < 1.29 is 9.53 Å². The lowest BCUT2D eigenvalue weighted by Crippen LogP contribution is -2.43. The van der Waals surface area contributed by atoms with Crippen LogP contribution in [0.3, 0.4) is 0 Å². The van der Waals surface area contributed by atoms with E-state index in [2.05, 4.69) is 10.3 Å². The first kappa shape index (κ1) is 17.4. The highest BCUT2D eigenvalue weighted by Crippen LogP contribution is 2.16. The van der Waals surface area contributed by atoms with Gasteiger partial charge >= 0.3 is 11.1 Å². The van der Waals surface area contributed by atoms with E-state index < -0.39 is 17.0 Å². The number of carbonyl (C=O) groups is 1. The van der Waals surface area contributed by atoms with Gasteiger partial charge in [0, 0.05) is 25.4 Å². The van der Waals surface area contributed by atoms with Crippen LogP contribution in [-0.2, 0) is 24.9 Å². The Morgan fingerprint density at radius 3 is 2.69 bits per heavy atom. The number of fused-ring (bicyclic) bond motifs is 1. The number of nitrogens with zero attached hydrogens (tertiary/aromatic N) is 3. The first-order valence-electron chi connectivity index (χ1n) is 7.96. The smallest absolute Gasteiger partial charge is 0.317 e. The van der Waals surface area contributed by atoms with Crippen LogP contribution in [0.25, 0.3) is 11.2 Å². The van der Waals surface area contributed by atoms with Crippen LogP contribution < -0.4 is 21.2 Å². The van der Waals surface area contributed by atoms with Gasteiger partial charge in [0.1, 0.15) is 12.3 Å². The summed E-state index contributed by atoms with van der Waals surface area (Å²) in [5, 5.41) is 2.74. The van der Waals surface area contributed by atoms with Crippen molar-refractivity contribution >= 4 is 17.1 Å². The predicted octanol–water partition coefficient (Wildman–Crippen LogP) is 0.420. The van der Waals surface area contributed by atoms with Crippen molar-refractivity contribution in [2.45, 2.75) is 13.1 Å². The van der Waals surface area contributed by atoms with Crippen molar-refractivity contribution in [1.29, 1.82) is 0 Å². The Labute approximate surface area is 148 Å². The number of rotatable bonds is 5. The van der Waals surface area contributed by atoms with Crippen LogP contribution in [0.2, 0.25) is 0 Å². The molecular weight excluding hydrogens is 336 g/mol. The molecule has 26 heavy (non-hydrogen) atoms. The van der Waals surface area contributed by atoms with Gasteiger partial charge in [-0.3, -0.25) is 23.5 Å². The molecule has 0 radical (unpaired) electrons. The summed E-state index contributed by atoms with van der Waals surface area (Å²) in [6.07, 6.45) is 1.53. The third-order valence-corrected chi connectivity index (χ3v) is 4.08. The van der Waals surface area contributed by atoms with Gasteiger partial charge < -0.3 is 10.1 Å². The van der Waals surface area contributed by atoms with Gasteiger partial charge in [-0.2, -0.15) is 0 Å². The Morgan fingerprint density at radius 1 is 1.15 bits per heavy atom. The fourth-order valence-electron chi connectivity index (χ4n) is 2.72. The number of para-hydroxylation sites is 1. The second-order valence-corrected chi connectivity index (χ2v) is 5.69. The number of aromatic nitrogens is 3. The molecule has 0 aliphatic rings. The molecule has 1 N–H and O–H groups in total. The molecule has 0 atom stereocenters. The molecule has 0 unspecified atom stereocenters. The Hall–Kier alpha value is -3.42.